The smallest absolute Gasteiger partial charge is 0.115 e. The minimum absolute atomic E-state index is 0.195. The summed E-state index contributed by atoms with van der Waals surface area (Å²) in [7, 11) is 0. The molecule has 0 aromatic heterocycles. The first-order valence-corrected chi connectivity index (χ1v) is 14.6. The molecule has 3 nitrogen and oxygen atoms in total. The van der Waals surface area contributed by atoms with Gasteiger partial charge in [0.25, 0.3) is 0 Å². The molecule has 1 atom stereocenters. The SMILES string of the molecule is CCCC(Nc1c(C(C)C)cc(Cc2cc(C(C)C)c(N)c(C(C)C)c2)cc1C(C)C)c1ccc(O)cc1. The van der Waals surface area contributed by atoms with Crippen LogP contribution in [0.2, 0.25) is 0 Å². The molecule has 0 fully saturated rings. The van der Waals surface area contributed by atoms with Crippen LogP contribution in [-0.4, -0.2) is 5.11 Å². The van der Waals surface area contributed by atoms with Crippen LogP contribution in [-0.2, 0) is 6.42 Å². The Morgan fingerprint density at radius 3 is 1.50 bits per heavy atom. The number of anilines is 2. The molecule has 0 aliphatic carbocycles. The molecule has 0 spiro atoms. The topological polar surface area (TPSA) is 58.3 Å². The fourth-order valence-electron chi connectivity index (χ4n) is 5.48. The molecule has 0 amide bonds. The summed E-state index contributed by atoms with van der Waals surface area (Å²) < 4.78 is 0. The number of nitrogen functional groups attached to an aromatic ring is 1. The van der Waals surface area contributed by atoms with Crippen molar-refractivity contribution in [3.8, 4) is 5.75 Å². The summed E-state index contributed by atoms with van der Waals surface area (Å²) in [4.78, 5) is 0. The van der Waals surface area contributed by atoms with Crippen molar-refractivity contribution in [1.82, 2.24) is 0 Å². The van der Waals surface area contributed by atoms with Crippen LogP contribution >= 0.6 is 0 Å². The van der Waals surface area contributed by atoms with E-state index in [1.165, 1.54) is 44.6 Å². The summed E-state index contributed by atoms with van der Waals surface area (Å²) in [6.45, 7) is 20.3. The summed E-state index contributed by atoms with van der Waals surface area (Å²) in [6.07, 6.45) is 3.01. The average molecular weight is 515 g/mol. The molecular formula is C35H50N2O. The molecule has 0 heterocycles. The van der Waals surface area contributed by atoms with Gasteiger partial charge in [-0.05, 0) is 87.6 Å². The Labute approximate surface area is 231 Å². The number of phenolic OH excluding ortho intramolecular Hbond substituents is 1. The van der Waals surface area contributed by atoms with E-state index >= 15 is 0 Å². The van der Waals surface area contributed by atoms with E-state index < -0.39 is 0 Å². The highest BCUT2D eigenvalue weighted by Crippen LogP contribution is 2.39. The van der Waals surface area contributed by atoms with Gasteiger partial charge in [-0.1, -0.05) is 105 Å². The third-order valence-corrected chi connectivity index (χ3v) is 7.65. The van der Waals surface area contributed by atoms with E-state index in [1.807, 2.05) is 12.1 Å². The normalized spacial score (nSPS) is 12.7. The van der Waals surface area contributed by atoms with E-state index in [4.69, 9.17) is 5.73 Å². The third kappa shape index (κ3) is 6.92. The van der Waals surface area contributed by atoms with Gasteiger partial charge >= 0.3 is 0 Å². The minimum atomic E-state index is 0.195. The second-order valence-corrected chi connectivity index (χ2v) is 12.2. The van der Waals surface area contributed by atoms with Gasteiger partial charge in [0.15, 0.2) is 0 Å². The summed E-state index contributed by atoms with van der Waals surface area (Å²) in [5.41, 5.74) is 18.0. The van der Waals surface area contributed by atoms with Gasteiger partial charge in [0, 0.05) is 11.4 Å². The molecular weight excluding hydrogens is 464 g/mol. The number of hydrogen-bond donors (Lipinski definition) is 3. The Bertz CT molecular complexity index is 1150. The number of hydrogen-bond acceptors (Lipinski definition) is 3. The third-order valence-electron chi connectivity index (χ3n) is 7.65. The van der Waals surface area contributed by atoms with Crippen LogP contribution < -0.4 is 11.1 Å². The lowest BCUT2D eigenvalue weighted by molar-refractivity contribution is 0.475. The molecule has 0 aliphatic rings. The van der Waals surface area contributed by atoms with Crippen molar-refractivity contribution in [3.63, 3.8) is 0 Å². The first kappa shape index (κ1) is 29.6. The highest BCUT2D eigenvalue weighted by atomic mass is 16.3. The molecule has 0 saturated heterocycles. The van der Waals surface area contributed by atoms with Crippen LogP contribution in [0.4, 0.5) is 11.4 Å². The van der Waals surface area contributed by atoms with Crippen LogP contribution in [0.15, 0.2) is 48.5 Å². The fourth-order valence-corrected chi connectivity index (χ4v) is 5.48. The quantitative estimate of drug-likeness (QED) is 0.223. The van der Waals surface area contributed by atoms with Gasteiger partial charge in [-0.2, -0.15) is 0 Å². The maximum absolute atomic E-state index is 9.83. The lowest BCUT2D eigenvalue weighted by atomic mass is 9.86. The predicted octanol–water partition coefficient (Wildman–Crippen LogP) is 10.0. The Hall–Kier alpha value is -2.94. The van der Waals surface area contributed by atoms with Gasteiger partial charge in [-0.3, -0.25) is 0 Å². The molecule has 0 radical (unpaired) electrons. The Morgan fingerprint density at radius 2 is 1.11 bits per heavy atom. The van der Waals surface area contributed by atoms with Gasteiger partial charge in [0.2, 0.25) is 0 Å². The second-order valence-electron chi connectivity index (χ2n) is 12.2. The zero-order chi connectivity index (χ0) is 28.1. The summed E-state index contributed by atoms with van der Waals surface area (Å²) in [5.74, 6) is 1.88. The molecule has 206 valence electrons. The molecule has 0 aliphatic heterocycles. The Morgan fingerprint density at radius 1 is 0.684 bits per heavy atom. The zero-order valence-corrected chi connectivity index (χ0v) is 25.2. The zero-order valence-electron chi connectivity index (χ0n) is 25.2. The number of rotatable bonds is 11. The standard InChI is InChI=1S/C35H50N2O/c1-10-11-33(27-12-14-28(38)15-13-27)37-35-31(23(6)7)19-26(20-32(35)24(8)9)16-25-17-29(21(2)3)34(36)30(18-25)22(4)5/h12-15,17-24,33,37-38H,10-11,16,36H2,1-9H3. The molecule has 0 bridgehead atoms. The van der Waals surface area contributed by atoms with Crippen molar-refractivity contribution in [2.75, 3.05) is 11.1 Å². The number of nitrogens with two attached hydrogens (primary N) is 1. The first-order chi connectivity index (χ1) is 17.9. The predicted molar refractivity (Wildman–Crippen MR) is 166 cm³/mol. The average Bonchev–Trinajstić information content (AvgIpc) is 2.85. The Kier molecular flexibility index (Phi) is 9.93. The van der Waals surface area contributed by atoms with E-state index in [0.717, 1.165) is 24.9 Å². The van der Waals surface area contributed by atoms with Gasteiger partial charge in [-0.25, -0.2) is 0 Å². The largest absolute Gasteiger partial charge is 0.508 e. The maximum atomic E-state index is 9.83. The molecule has 3 rings (SSSR count). The molecule has 3 aromatic carbocycles. The molecule has 1 unspecified atom stereocenters. The van der Waals surface area contributed by atoms with Crippen molar-refractivity contribution in [2.24, 2.45) is 0 Å². The van der Waals surface area contributed by atoms with Crippen molar-refractivity contribution in [3.05, 3.63) is 87.5 Å². The Balaban J connectivity index is 2.09. The lowest BCUT2D eigenvalue weighted by Crippen LogP contribution is -2.15. The van der Waals surface area contributed by atoms with Crippen LogP contribution in [0.5, 0.6) is 5.75 Å². The second kappa shape index (κ2) is 12.7. The van der Waals surface area contributed by atoms with Crippen LogP contribution in [0.1, 0.15) is 144 Å². The molecule has 38 heavy (non-hydrogen) atoms. The first-order valence-electron chi connectivity index (χ1n) is 14.6. The number of aromatic hydroxyl groups is 1. The minimum Gasteiger partial charge on any atom is -0.508 e. The van der Waals surface area contributed by atoms with E-state index in [-0.39, 0.29) is 6.04 Å². The summed E-state index contributed by atoms with van der Waals surface area (Å²) in [6, 6.07) is 17.3. The van der Waals surface area contributed by atoms with Gasteiger partial charge in [0.05, 0.1) is 6.04 Å². The van der Waals surface area contributed by atoms with Crippen LogP contribution in [0.3, 0.4) is 0 Å². The lowest BCUT2D eigenvalue weighted by Gasteiger charge is -2.28. The monoisotopic (exact) mass is 514 g/mol. The number of phenols is 1. The molecule has 3 heteroatoms. The van der Waals surface area contributed by atoms with Gasteiger partial charge < -0.3 is 16.2 Å². The van der Waals surface area contributed by atoms with Crippen molar-refractivity contribution >= 4 is 11.4 Å². The van der Waals surface area contributed by atoms with Crippen molar-refractivity contribution < 1.29 is 5.11 Å². The van der Waals surface area contributed by atoms with Crippen molar-refractivity contribution in [2.45, 2.75) is 111 Å². The summed E-state index contributed by atoms with van der Waals surface area (Å²) in [5, 5.41) is 13.8. The number of nitrogens with one attached hydrogen (secondary N) is 1. The molecule has 3 aromatic rings. The summed E-state index contributed by atoms with van der Waals surface area (Å²) >= 11 is 0. The maximum Gasteiger partial charge on any atom is 0.115 e. The fraction of sp³-hybridized carbons (Fsp3) is 0.486. The molecule has 0 saturated carbocycles. The van der Waals surface area contributed by atoms with E-state index in [9.17, 15) is 5.11 Å². The van der Waals surface area contributed by atoms with Crippen LogP contribution in [0.25, 0.3) is 0 Å². The van der Waals surface area contributed by atoms with Crippen LogP contribution in [0, 0.1) is 0 Å². The highest BCUT2D eigenvalue weighted by molar-refractivity contribution is 5.64. The van der Waals surface area contributed by atoms with Gasteiger partial charge in [0.1, 0.15) is 5.75 Å². The van der Waals surface area contributed by atoms with Crippen molar-refractivity contribution in [1.29, 1.82) is 0 Å². The van der Waals surface area contributed by atoms with Gasteiger partial charge in [-0.15, -0.1) is 0 Å². The highest BCUT2D eigenvalue weighted by Gasteiger charge is 2.21. The number of benzene rings is 3. The van der Waals surface area contributed by atoms with E-state index in [0.29, 0.717) is 29.4 Å². The van der Waals surface area contributed by atoms with E-state index in [2.05, 4.69) is 91.9 Å². The van der Waals surface area contributed by atoms with E-state index in [1.54, 1.807) is 12.1 Å². The molecule has 4 N–H and O–H groups in total.